The largest absolute Gasteiger partial charge is 0.357 e. The first kappa shape index (κ1) is 11.3. The molecule has 1 aliphatic heterocycles. The van der Waals surface area contributed by atoms with E-state index in [0.29, 0.717) is 0 Å². The summed E-state index contributed by atoms with van der Waals surface area (Å²) in [5, 5.41) is 1.76. The summed E-state index contributed by atoms with van der Waals surface area (Å²) in [4.78, 5) is 12.7. The molecular weight excluding hydrogens is 222 g/mol. The standard InChI is InChI=1S/C7H13N3O.BrH/c1-3-9-4-5-10(6-9)8-7(2)11;/h4-5H,3,6H2,1-2H3,(H,8,11);1H. The van der Waals surface area contributed by atoms with Crippen LogP contribution in [0.15, 0.2) is 12.4 Å². The minimum atomic E-state index is -0.0346. The van der Waals surface area contributed by atoms with Gasteiger partial charge in [0.15, 0.2) is 0 Å². The van der Waals surface area contributed by atoms with Gasteiger partial charge >= 0.3 is 0 Å². The van der Waals surface area contributed by atoms with Crippen LogP contribution in [0.5, 0.6) is 0 Å². The van der Waals surface area contributed by atoms with Crippen molar-refractivity contribution in [2.75, 3.05) is 13.2 Å². The zero-order valence-electron chi connectivity index (χ0n) is 7.28. The predicted octanol–water partition coefficient (Wildman–Crippen LogP) is 0.682. The number of carbonyl (C=O) groups is 1. The summed E-state index contributed by atoms with van der Waals surface area (Å²) in [6, 6.07) is 0. The number of carbonyl (C=O) groups excluding carboxylic acids is 1. The minimum Gasteiger partial charge on any atom is -0.357 e. The van der Waals surface area contributed by atoms with Gasteiger partial charge < -0.3 is 4.90 Å². The molecule has 0 aromatic carbocycles. The summed E-state index contributed by atoms with van der Waals surface area (Å²) in [5.41, 5.74) is 2.67. The Hall–Kier alpha value is -0.710. The van der Waals surface area contributed by atoms with Gasteiger partial charge in [0.2, 0.25) is 5.91 Å². The maximum atomic E-state index is 10.6. The second-order valence-corrected chi connectivity index (χ2v) is 2.48. The first-order chi connectivity index (χ1) is 5.22. The summed E-state index contributed by atoms with van der Waals surface area (Å²) in [6.07, 6.45) is 3.81. The highest BCUT2D eigenvalue weighted by atomic mass is 79.9. The molecule has 0 bridgehead atoms. The second kappa shape index (κ2) is 5.03. The Balaban J connectivity index is 0.00000121. The van der Waals surface area contributed by atoms with Crippen LogP contribution in [0.3, 0.4) is 0 Å². The van der Waals surface area contributed by atoms with Crippen molar-refractivity contribution < 1.29 is 4.79 Å². The van der Waals surface area contributed by atoms with Crippen molar-refractivity contribution >= 4 is 22.9 Å². The van der Waals surface area contributed by atoms with Crippen LogP contribution in [0, 0.1) is 0 Å². The van der Waals surface area contributed by atoms with Crippen LogP contribution in [0.1, 0.15) is 13.8 Å². The molecule has 1 N–H and O–H groups in total. The van der Waals surface area contributed by atoms with Gasteiger partial charge in [-0.3, -0.25) is 15.2 Å². The zero-order chi connectivity index (χ0) is 8.27. The molecule has 0 aromatic rings. The Morgan fingerprint density at radius 2 is 2.25 bits per heavy atom. The molecule has 4 nitrogen and oxygen atoms in total. The summed E-state index contributed by atoms with van der Waals surface area (Å²) in [6.45, 7) is 5.28. The van der Waals surface area contributed by atoms with Crippen molar-refractivity contribution in [3.8, 4) is 0 Å². The SMILES string of the molecule is Br.CCN1C=CN(NC(C)=O)C1. The van der Waals surface area contributed by atoms with Gasteiger partial charge in [0.1, 0.15) is 6.67 Å². The molecule has 0 atom stereocenters. The highest BCUT2D eigenvalue weighted by molar-refractivity contribution is 8.93. The molecule has 0 fully saturated rings. The van der Waals surface area contributed by atoms with Crippen molar-refractivity contribution in [3.05, 3.63) is 12.4 Å². The highest BCUT2D eigenvalue weighted by Gasteiger charge is 2.09. The van der Waals surface area contributed by atoms with Crippen molar-refractivity contribution in [1.82, 2.24) is 15.3 Å². The third-order valence-corrected chi connectivity index (χ3v) is 1.50. The van der Waals surface area contributed by atoms with Crippen LogP contribution in [-0.2, 0) is 4.79 Å². The summed E-state index contributed by atoms with van der Waals surface area (Å²) >= 11 is 0. The maximum Gasteiger partial charge on any atom is 0.235 e. The summed E-state index contributed by atoms with van der Waals surface area (Å²) in [7, 11) is 0. The van der Waals surface area contributed by atoms with Gasteiger partial charge in [-0.2, -0.15) is 0 Å². The molecule has 0 aliphatic carbocycles. The maximum absolute atomic E-state index is 10.6. The average molecular weight is 236 g/mol. The lowest BCUT2D eigenvalue weighted by molar-refractivity contribution is -0.122. The first-order valence-corrected chi connectivity index (χ1v) is 3.68. The monoisotopic (exact) mass is 235 g/mol. The molecule has 0 spiro atoms. The van der Waals surface area contributed by atoms with E-state index in [1.54, 1.807) is 5.01 Å². The van der Waals surface area contributed by atoms with Gasteiger partial charge in [0.25, 0.3) is 0 Å². The van der Waals surface area contributed by atoms with Crippen LogP contribution < -0.4 is 5.43 Å². The Morgan fingerprint density at radius 3 is 2.67 bits per heavy atom. The van der Waals surface area contributed by atoms with E-state index in [1.165, 1.54) is 6.92 Å². The molecule has 1 aliphatic rings. The molecule has 12 heavy (non-hydrogen) atoms. The number of rotatable bonds is 2. The quantitative estimate of drug-likeness (QED) is 0.765. The first-order valence-electron chi connectivity index (χ1n) is 3.68. The molecule has 1 amide bonds. The minimum absolute atomic E-state index is 0. The number of hydrogen-bond acceptors (Lipinski definition) is 3. The van der Waals surface area contributed by atoms with Crippen molar-refractivity contribution in [1.29, 1.82) is 0 Å². The molecule has 0 aromatic heterocycles. The van der Waals surface area contributed by atoms with Gasteiger partial charge in [0, 0.05) is 25.9 Å². The normalized spacial score (nSPS) is 14.5. The van der Waals surface area contributed by atoms with Gasteiger partial charge in [-0.1, -0.05) is 0 Å². The van der Waals surface area contributed by atoms with Gasteiger partial charge in [-0.05, 0) is 6.92 Å². The van der Waals surface area contributed by atoms with Gasteiger partial charge in [0.05, 0.1) is 0 Å². The van der Waals surface area contributed by atoms with E-state index < -0.39 is 0 Å². The van der Waals surface area contributed by atoms with Crippen LogP contribution in [0.25, 0.3) is 0 Å². The molecule has 70 valence electrons. The third kappa shape index (κ3) is 3.13. The zero-order valence-corrected chi connectivity index (χ0v) is 8.99. The van der Waals surface area contributed by atoms with E-state index in [9.17, 15) is 4.79 Å². The van der Waals surface area contributed by atoms with E-state index in [1.807, 2.05) is 12.4 Å². The third-order valence-electron chi connectivity index (χ3n) is 1.50. The van der Waals surface area contributed by atoms with Crippen LogP contribution in [0.2, 0.25) is 0 Å². The Labute approximate surface area is 82.9 Å². The van der Waals surface area contributed by atoms with Crippen LogP contribution in [-0.4, -0.2) is 29.0 Å². The van der Waals surface area contributed by atoms with E-state index in [2.05, 4.69) is 17.2 Å². The highest BCUT2D eigenvalue weighted by Crippen LogP contribution is 2.01. The molecule has 0 radical (unpaired) electrons. The summed E-state index contributed by atoms with van der Waals surface area (Å²) in [5.74, 6) is -0.0346. The smallest absolute Gasteiger partial charge is 0.235 e. The fourth-order valence-corrected chi connectivity index (χ4v) is 0.945. The molecule has 1 heterocycles. The van der Waals surface area contributed by atoms with Gasteiger partial charge in [-0.25, -0.2) is 0 Å². The van der Waals surface area contributed by atoms with E-state index in [0.717, 1.165) is 13.2 Å². The molecule has 5 heteroatoms. The number of hydrazine groups is 1. The number of nitrogens with zero attached hydrogens (tertiary/aromatic N) is 2. The topological polar surface area (TPSA) is 35.6 Å². The fraction of sp³-hybridized carbons (Fsp3) is 0.571. The molecule has 0 saturated heterocycles. The van der Waals surface area contributed by atoms with Crippen molar-refractivity contribution in [2.24, 2.45) is 0 Å². The number of amides is 1. The molecular formula is C7H14BrN3O. The van der Waals surface area contributed by atoms with E-state index in [-0.39, 0.29) is 22.9 Å². The molecule has 0 saturated carbocycles. The lowest BCUT2D eigenvalue weighted by Crippen LogP contribution is -2.38. The Morgan fingerprint density at radius 1 is 1.58 bits per heavy atom. The molecule has 1 rings (SSSR count). The lowest BCUT2D eigenvalue weighted by Gasteiger charge is -2.19. The van der Waals surface area contributed by atoms with Crippen LogP contribution in [0.4, 0.5) is 0 Å². The van der Waals surface area contributed by atoms with Crippen LogP contribution >= 0.6 is 17.0 Å². The summed E-state index contributed by atoms with van der Waals surface area (Å²) < 4.78 is 0. The Kier molecular flexibility index (Phi) is 4.73. The van der Waals surface area contributed by atoms with Crippen molar-refractivity contribution in [3.63, 3.8) is 0 Å². The lowest BCUT2D eigenvalue weighted by atomic mass is 10.6. The van der Waals surface area contributed by atoms with E-state index >= 15 is 0 Å². The van der Waals surface area contributed by atoms with Crippen molar-refractivity contribution in [2.45, 2.75) is 13.8 Å². The van der Waals surface area contributed by atoms with E-state index in [4.69, 9.17) is 0 Å². The average Bonchev–Trinajstić information content (AvgIpc) is 2.34. The van der Waals surface area contributed by atoms with Gasteiger partial charge in [-0.15, -0.1) is 17.0 Å². The number of halogens is 1. The number of nitrogens with one attached hydrogen (secondary N) is 1. The number of hydrogen-bond donors (Lipinski definition) is 1. The predicted molar refractivity (Wildman–Crippen MR) is 52.4 cm³/mol. The Bertz CT molecular complexity index is 183. The molecule has 0 unspecified atom stereocenters. The second-order valence-electron chi connectivity index (χ2n) is 2.48. The fourth-order valence-electron chi connectivity index (χ4n) is 0.945.